The number of imide groups is 1. The molecule has 1 radical (unpaired) electrons. The van der Waals surface area contributed by atoms with Crippen LogP contribution >= 0.6 is 0 Å². The topological polar surface area (TPSA) is 121 Å². The van der Waals surface area contributed by atoms with Crippen molar-refractivity contribution in [2.75, 3.05) is 0 Å². The molecule has 0 spiro atoms. The average molecular weight is 345 g/mol. The molecule has 4 atom stereocenters. The maximum absolute atomic E-state index is 12.4. The first-order valence-corrected chi connectivity index (χ1v) is 9.10. The Morgan fingerprint density at radius 2 is 1.91 bits per heavy atom. The summed E-state index contributed by atoms with van der Waals surface area (Å²) in [6.45, 7) is 1.88. The minimum Gasteiger partial charge on any atom is -0.481 e. The molecular weight excluding hydrogens is 326 g/mol. The van der Waals surface area contributed by atoms with Gasteiger partial charge in [-0.25, -0.2) is 9.59 Å². The number of aliphatic carboxylic acids is 1. The normalized spacial score (nSPS) is 37.7. The summed E-state index contributed by atoms with van der Waals surface area (Å²) >= 11 is 0. The Balaban J connectivity index is 1.71. The second-order valence-corrected chi connectivity index (χ2v) is 8.78. The van der Waals surface area contributed by atoms with E-state index in [0.717, 1.165) is 0 Å². The highest BCUT2D eigenvalue weighted by molar-refractivity contribution is 7.87. The molecule has 8 nitrogen and oxygen atoms in total. The quantitative estimate of drug-likeness (QED) is 0.569. The first-order valence-electron chi connectivity index (χ1n) is 7.63. The lowest BCUT2D eigenvalue weighted by Crippen LogP contribution is -2.43. The van der Waals surface area contributed by atoms with Gasteiger partial charge in [0.25, 0.3) is 0 Å². The van der Waals surface area contributed by atoms with Crippen molar-refractivity contribution in [1.82, 2.24) is 5.06 Å². The Labute approximate surface area is 133 Å². The van der Waals surface area contributed by atoms with Gasteiger partial charge in [-0.1, -0.05) is 6.92 Å². The highest BCUT2D eigenvalue weighted by atomic mass is 32.2. The summed E-state index contributed by atoms with van der Waals surface area (Å²) in [5, 5.41) is 8.59. The molecule has 1 heterocycles. The Bertz CT molecular complexity index is 657. The number of amides is 2. The SMILES string of the molecule is CC1(CC(=O)O)CC2CC1CC2S(=O)(=O)O[N+]1C(=O)CCC1=O. The average Bonchev–Trinajstić information content (AvgIpc) is 3.05. The monoisotopic (exact) mass is 345 g/mol. The Hall–Kier alpha value is -1.32. The number of hydroxylamine groups is 2. The van der Waals surface area contributed by atoms with Crippen LogP contribution < -0.4 is 5.06 Å². The molecule has 2 aliphatic carbocycles. The minimum atomic E-state index is -4.08. The van der Waals surface area contributed by atoms with E-state index in [0.29, 0.717) is 24.3 Å². The lowest BCUT2D eigenvalue weighted by molar-refractivity contribution is -0.147. The van der Waals surface area contributed by atoms with Gasteiger partial charge in [0.05, 0.1) is 24.5 Å². The number of hydrogen-bond donors (Lipinski definition) is 1. The standard InChI is InChI=1S/C14H19NO7S/c1-14(7-13(18)19)6-8-4-9(14)5-10(8)23(20,21)22-15-11(16)2-3-12(15)17/h8-10H,2-7H2,1H3,(H,18,19)/q+1. The lowest BCUT2D eigenvalue weighted by Gasteiger charge is -2.34. The molecule has 0 aromatic carbocycles. The lowest BCUT2D eigenvalue weighted by atomic mass is 9.72. The molecule has 0 aromatic heterocycles. The van der Waals surface area contributed by atoms with Crippen molar-refractivity contribution in [2.45, 2.75) is 50.7 Å². The van der Waals surface area contributed by atoms with Gasteiger partial charge in [0.1, 0.15) is 0 Å². The predicted octanol–water partition coefficient (Wildman–Crippen LogP) is 0.514. The number of carboxylic acid groups (broad SMARTS) is 1. The van der Waals surface area contributed by atoms with Crippen molar-refractivity contribution in [2.24, 2.45) is 17.3 Å². The molecule has 1 aliphatic heterocycles. The van der Waals surface area contributed by atoms with Crippen molar-refractivity contribution in [3.63, 3.8) is 0 Å². The van der Waals surface area contributed by atoms with E-state index >= 15 is 0 Å². The summed E-state index contributed by atoms with van der Waals surface area (Å²) in [5.41, 5.74) is -0.401. The number of nitrogens with zero attached hydrogens (tertiary/aromatic N) is 1. The van der Waals surface area contributed by atoms with E-state index in [4.69, 9.17) is 9.39 Å². The summed E-state index contributed by atoms with van der Waals surface area (Å²) in [4.78, 5) is 34.0. The van der Waals surface area contributed by atoms with Crippen molar-refractivity contribution < 1.29 is 32.2 Å². The van der Waals surface area contributed by atoms with Crippen LogP contribution in [0.25, 0.3) is 0 Å². The van der Waals surface area contributed by atoms with Crippen molar-refractivity contribution in [1.29, 1.82) is 0 Å². The summed E-state index contributed by atoms with van der Waals surface area (Å²) in [6.07, 6.45) is 1.39. The van der Waals surface area contributed by atoms with Crippen molar-refractivity contribution in [3.05, 3.63) is 0 Å². The van der Waals surface area contributed by atoms with Gasteiger partial charge < -0.3 is 5.11 Å². The van der Waals surface area contributed by atoms with Gasteiger partial charge >= 0.3 is 27.9 Å². The number of carbonyl (C=O) groups is 3. The summed E-state index contributed by atoms with van der Waals surface area (Å²) in [7, 11) is -4.08. The van der Waals surface area contributed by atoms with Crippen LogP contribution in [0.2, 0.25) is 0 Å². The molecule has 23 heavy (non-hydrogen) atoms. The molecule has 3 aliphatic rings. The number of rotatable bonds is 5. The highest BCUT2D eigenvalue weighted by Crippen LogP contribution is 2.59. The Morgan fingerprint density at radius 3 is 2.39 bits per heavy atom. The zero-order chi connectivity index (χ0) is 17.0. The predicted molar refractivity (Wildman–Crippen MR) is 76.4 cm³/mol. The molecular formula is C14H19NO7S+. The van der Waals surface area contributed by atoms with Crippen LogP contribution in [0.3, 0.4) is 0 Å². The van der Waals surface area contributed by atoms with Crippen LogP contribution in [-0.2, 0) is 28.8 Å². The first kappa shape index (κ1) is 16.5. The molecule has 3 fully saturated rings. The van der Waals surface area contributed by atoms with E-state index in [-0.39, 0.29) is 31.1 Å². The Morgan fingerprint density at radius 1 is 1.30 bits per heavy atom. The Kier molecular flexibility index (Phi) is 3.85. The number of carbonyl (C=O) groups excluding carboxylic acids is 2. The van der Waals surface area contributed by atoms with Gasteiger partial charge in [0.2, 0.25) is 0 Å². The zero-order valence-electron chi connectivity index (χ0n) is 12.7. The van der Waals surface area contributed by atoms with Gasteiger partial charge in [-0.05, 0) is 36.5 Å². The van der Waals surface area contributed by atoms with E-state index in [1.54, 1.807) is 0 Å². The van der Waals surface area contributed by atoms with Crippen molar-refractivity contribution >= 4 is 27.9 Å². The van der Waals surface area contributed by atoms with E-state index < -0.39 is 38.6 Å². The van der Waals surface area contributed by atoms with E-state index in [2.05, 4.69) is 0 Å². The second-order valence-electron chi connectivity index (χ2n) is 7.04. The maximum Gasteiger partial charge on any atom is 0.408 e. The molecule has 1 saturated heterocycles. The van der Waals surface area contributed by atoms with Crippen molar-refractivity contribution in [3.8, 4) is 0 Å². The number of hydrogen-bond acceptors (Lipinski definition) is 6. The van der Waals surface area contributed by atoms with Crippen LogP contribution in [0.4, 0.5) is 0 Å². The molecule has 4 unspecified atom stereocenters. The summed E-state index contributed by atoms with van der Waals surface area (Å²) < 4.78 is 29.6. The molecule has 2 amide bonds. The van der Waals surface area contributed by atoms with Crippen LogP contribution in [0.15, 0.2) is 0 Å². The van der Waals surface area contributed by atoms with E-state index in [1.807, 2.05) is 6.92 Å². The fourth-order valence-corrected chi connectivity index (χ4v) is 5.98. The van der Waals surface area contributed by atoms with Crippen LogP contribution in [0.5, 0.6) is 0 Å². The van der Waals surface area contributed by atoms with Gasteiger partial charge in [-0.2, -0.15) is 8.42 Å². The first-order chi connectivity index (χ1) is 10.6. The molecule has 2 bridgehead atoms. The molecule has 9 heteroatoms. The summed E-state index contributed by atoms with van der Waals surface area (Å²) in [5.74, 6) is -2.36. The zero-order valence-corrected chi connectivity index (χ0v) is 13.5. The third kappa shape index (κ3) is 2.81. The van der Waals surface area contributed by atoms with Crippen LogP contribution in [0, 0.1) is 17.3 Å². The molecule has 0 aromatic rings. The van der Waals surface area contributed by atoms with Crippen LogP contribution in [-0.4, -0.2) is 36.6 Å². The molecule has 1 N–H and O–H groups in total. The van der Waals surface area contributed by atoms with Gasteiger partial charge in [-0.3, -0.25) is 4.79 Å². The van der Waals surface area contributed by atoms with Gasteiger partial charge in [0, 0.05) is 4.28 Å². The third-order valence-electron chi connectivity index (χ3n) is 5.45. The maximum atomic E-state index is 12.4. The minimum absolute atomic E-state index is 0.00282. The molecule has 3 rings (SSSR count). The molecule has 2 saturated carbocycles. The molecule has 127 valence electrons. The van der Waals surface area contributed by atoms with E-state index in [1.165, 1.54) is 0 Å². The third-order valence-corrected chi connectivity index (χ3v) is 7.13. The van der Waals surface area contributed by atoms with Gasteiger partial charge in [-0.15, -0.1) is 0 Å². The smallest absolute Gasteiger partial charge is 0.408 e. The fraction of sp³-hybridized carbons (Fsp3) is 0.786. The summed E-state index contributed by atoms with van der Waals surface area (Å²) in [6, 6.07) is 0. The highest BCUT2D eigenvalue weighted by Gasteiger charge is 2.59. The fourth-order valence-electron chi connectivity index (χ4n) is 4.35. The van der Waals surface area contributed by atoms with E-state index in [9.17, 15) is 22.8 Å². The second kappa shape index (κ2) is 5.35. The number of fused-ring (bicyclic) bond motifs is 2. The van der Waals surface area contributed by atoms with Crippen LogP contribution in [0.1, 0.15) is 45.4 Å². The largest absolute Gasteiger partial charge is 0.481 e. The number of carboxylic acids is 1. The van der Waals surface area contributed by atoms with Gasteiger partial charge in [0.15, 0.2) is 5.06 Å².